The number of hydrogen-bond donors (Lipinski definition) is 3. The first-order valence-corrected chi connectivity index (χ1v) is 5.92. The van der Waals surface area contributed by atoms with E-state index >= 15 is 0 Å². The van der Waals surface area contributed by atoms with Gasteiger partial charge in [-0.3, -0.25) is 0 Å². The first-order chi connectivity index (χ1) is 8.29. The molecule has 1 aromatic rings. The summed E-state index contributed by atoms with van der Waals surface area (Å²) in [4.78, 5) is 0. The van der Waals surface area contributed by atoms with Crippen molar-refractivity contribution in [3.8, 4) is 11.8 Å². The normalized spacial score (nSPS) is 10.4. The topological polar surface area (TPSA) is 44.3 Å². The fourth-order valence-electron chi connectivity index (χ4n) is 1.31. The molecule has 1 unspecified atom stereocenters. The van der Waals surface area contributed by atoms with Crippen LogP contribution in [0.15, 0.2) is 30.3 Å². The molecular weight excluding hydrogens is 283 g/mol. The first kappa shape index (κ1) is 20.6. The highest BCUT2D eigenvalue weighted by Crippen LogP contribution is 1.93. The van der Waals surface area contributed by atoms with Crippen molar-refractivity contribution in [2.24, 2.45) is 0 Å². The summed E-state index contributed by atoms with van der Waals surface area (Å²) >= 11 is 0. The molecule has 1 atom stereocenters. The van der Waals surface area contributed by atoms with Gasteiger partial charge in [-0.05, 0) is 19.1 Å². The maximum absolute atomic E-state index is 9.01. The van der Waals surface area contributed by atoms with Crippen molar-refractivity contribution in [2.75, 3.05) is 26.2 Å². The fraction of sp³-hybridized carbons (Fsp3) is 0.429. The van der Waals surface area contributed by atoms with E-state index in [4.69, 9.17) is 5.11 Å². The lowest BCUT2D eigenvalue weighted by molar-refractivity contribution is 0.191. The van der Waals surface area contributed by atoms with Crippen LogP contribution >= 0.6 is 24.8 Å². The standard InChI is InChI=1S/C14H20N2O.2ClH/c1-13(17)12-16-11-10-15-9-5-8-14-6-3-2-4-7-14;;/h2-4,6-7,13,15-17H,9-12H2,1H3;2*1H. The number of aliphatic hydroxyl groups is 1. The molecule has 108 valence electrons. The van der Waals surface area contributed by atoms with Gasteiger partial charge in [0.05, 0.1) is 12.6 Å². The Labute approximate surface area is 128 Å². The van der Waals surface area contributed by atoms with Gasteiger partial charge in [-0.1, -0.05) is 30.0 Å². The van der Waals surface area contributed by atoms with E-state index < -0.39 is 0 Å². The number of rotatable bonds is 6. The van der Waals surface area contributed by atoms with Crippen molar-refractivity contribution in [1.82, 2.24) is 10.6 Å². The predicted molar refractivity (Wildman–Crippen MR) is 85.2 cm³/mol. The van der Waals surface area contributed by atoms with Crippen LogP contribution in [-0.2, 0) is 0 Å². The third-order valence-corrected chi connectivity index (χ3v) is 2.14. The van der Waals surface area contributed by atoms with Crippen LogP contribution in [0, 0.1) is 11.8 Å². The van der Waals surface area contributed by atoms with Crippen molar-refractivity contribution < 1.29 is 5.11 Å². The molecule has 0 fully saturated rings. The van der Waals surface area contributed by atoms with Gasteiger partial charge >= 0.3 is 0 Å². The molecule has 3 N–H and O–H groups in total. The van der Waals surface area contributed by atoms with Gasteiger partial charge in [0.2, 0.25) is 0 Å². The van der Waals surface area contributed by atoms with E-state index in [1.165, 1.54) is 0 Å². The van der Waals surface area contributed by atoms with E-state index in [0.717, 1.165) is 18.7 Å². The van der Waals surface area contributed by atoms with Gasteiger partial charge in [-0.15, -0.1) is 24.8 Å². The molecule has 0 spiro atoms. The molecule has 0 saturated heterocycles. The molecule has 1 rings (SSSR count). The van der Waals surface area contributed by atoms with E-state index in [1.807, 2.05) is 30.3 Å². The smallest absolute Gasteiger partial charge is 0.0636 e. The first-order valence-electron chi connectivity index (χ1n) is 5.92. The monoisotopic (exact) mass is 304 g/mol. The molecule has 0 saturated carbocycles. The molecule has 0 aliphatic heterocycles. The number of benzene rings is 1. The van der Waals surface area contributed by atoms with Gasteiger partial charge in [-0.25, -0.2) is 0 Å². The van der Waals surface area contributed by atoms with Crippen LogP contribution in [0.4, 0.5) is 0 Å². The molecule has 19 heavy (non-hydrogen) atoms. The molecule has 0 aliphatic carbocycles. The van der Waals surface area contributed by atoms with Crippen molar-refractivity contribution in [2.45, 2.75) is 13.0 Å². The van der Waals surface area contributed by atoms with Crippen molar-refractivity contribution >= 4 is 24.8 Å². The van der Waals surface area contributed by atoms with Crippen LogP contribution < -0.4 is 10.6 Å². The zero-order valence-corrected chi connectivity index (χ0v) is 12.7. The molecule has 0 bridgehead atoms. The largest absolute Gasteiger partial charge is 0.392 e. The highest BCUT2D eigenvalue weighted by atomic mass is 35.5. The third kappa shape index (κ3) is 12.0. The summed E-state index contributed by atoms with van der Waals surface area (Å²) in [6.07, 6.45) is -0.284. The molecule has 1 aromatic carbocycles. The summed E-state index contributed by atoms with van der Waals surface area (Å²) in [6.45, 7) is 4.79. The second-order valence-corrected chi connectivity index (χ2v) is 3.90. The van der Waals surface area contributed by atoms with Crippen LogP contribution in [0.3, 0.4) is 0 Å². The minimum absolute atomic E-state index is 0. The SMILES string of the molecule is CC(O)CNCCNCC#Cc1ccccc1.Cl.Cl. The molecule has 3 nitrogen and oxygen atoms in total. The Morgan fingerprint density at radius 2 is 1.74 bits per heavy atom. The third-order valence-electron chi connectivity index (χ3n) is 2.14. The molecule has 0 radical (unpaired) electrons. The Morgan fingerprint density at radius 1 is 1.11 bits per heavy atom. The number of halogens is 2. The van der Waals surface area contributed by atoms with Crippen LogP contribution in [0.1, 0.15) is 12.5 Å². The van der Waals surface area contributed by atoms with E-state index in [0.29, 0.717) is 13.1 Å². The second-order valence-electron chi connectivity index (χ2n) is 3.90. The Bertz CT molecular complexity index is 361. The van der Waals surface area contributed by atoms with Gasteiger partial charge in [-0.2, -0.15) is 0 Å². The summed E-state index contributed by atoms with van der Waals surface area (Å²) in [5.74, 6) is 6.14. The minimum atomic E-state index is -0.284. The maximum atomic E-state index is 9.01. The average molecular weight is 305 g/mol. The van der Waals surface area contributed by atoms with E-state index in [1.54, 1.807) is 6.92 Å². The van der Waals surface area contributed by atoms with E-state index in [2.05, 4.69) is 22.5 Å². The minimum Gasteiger partial charge on any atom is -0.392 e. The van der Waals surface area contributed by atoms with Crippen molar-refractivity contribution in [3.05, 3.63) is 35.9 Å². The fourth-order valence-corrected chi connectivity index (χ4v) is 1.31. The summed E-state index contributed by atoms with van der Waals surface area (Å²) < 4.78 is 0. The molecule has 0 heterocycles. The van der Waals surface area contributed by atoms with E-state index in [9.17, 15) is 0 Å². The van der Waals surface area contributed by atoms with Crippen LogP contribution in [0.5, 0.6) is 0 Å². The zero-order chi connectivity index (χ0) is 12.3. The van der Waals surface area contributed by atoms with Gasteiger partial charge in [0, 0.05) is 25.2 Å². The lowest BCUT2D eigenvalue weighted by Crippen LogP contribution is -2.31. The molecular formula is C14H22Cl2N2O. The summed E-state index contributed by atoms with van der Waals surface area (Å²) in [5.41, 5.74) is 1.04. The van der Waals surface area contributed by atoms with Crippen molar-refractivity contribution in [3.63, 3.8) is 0 Å². The van der Waals surface area contributed by atoms with Crippen molar-refractivity contribution in [1.29, 1.82) is 0 Å². The maximum Gasteiger partial charge on any atom is 0.0636 e. The zero-order valence-electron chi connectivity index (χ0n) is 11.1. The van der Waals surface area contributed by atoms with Crippen LogP contribution in [0.2, 0.25) is 0 Å². The Hall–Kier alpha value is -0.760. The lowest BCUT2D eigenvalue weighted by atomic mass is 10.2. The summed E-state index contributed by atoms with van der Waals surface area (Å²) in [6, 6.07) is 9.94. The molecule has 0 aliphatic rings. The van der Waals surface area contributed by atoms with Gasteiger partial charge in [0.25, 0.3) is 0 Å². The molecule has 5 heteroatoms. The number of nitrogens with one attached hydrogen (secondary N) is 2. The van der Waals surface area contributed by atoms with Crippen LogP contribution in [0.25, 0.3) is 0 Å². The molecule has 0 amide bonds. The van der Waals surface area contributed by atoms with Gasteiger partial charge in [0.1, 0.15) is 0 Å². The van der Waals surface area contributed by atoms with Gasteiger partial charge in [0.15, 0.2) is 0 Å². The number of hydrogen-bond acceptors (Lipinski definition) is 3. The Balaban J connectivity index is 0. The number of aliphatic hydroxyl groups excluding tert-OH is 1. The molecule has 0 aromatic heterocycles. The summed E-state index contributed by atoms with van der Waals surface area (Å²) in [5, 5.41) is 15.4. The van der Waals surface area contributed by atoms with E-state index in [-0.39, 0.29) is 30.9 Å². The quantitative estimate of drug-likeness (QED) is 0.550. The highest BCUT2D eigenvalue weighted by Gasteiger charge is 1.92. The van der Waals surface area contributed by atoms with Crippen LogP contribution in [-0.4, -0.2) is 37.4 Å². The van der Waals surface area contributed by atoms with Gasteiger partial charge < -0.3 is 15.7 Å². The predicted octanol–water partition coefficient (Wildman–Crippen LogP) is 1.44. The highest BCUT2D eigenvalue weighted by molar-refractivity contribution is 5.85. The Kier molecular flexibility index (Phi) is 14.8. The summed E-state index contributed by atoms with van der Waals surface area (Å²) in [7, 11) is 0. The lowest BCUT2D eigenvalue weighted by Gasteiger charge is -2.06. The Morgan fingerprint density at radius 3 is 2.37 bits per heavy atom. The average Bonchev–Trinajstić information content (AvgIpc) is 2.33. The second kappa shape index (κ2) is 13.7.